The van der Waals surface area contributed by atoms with Gasteiger partial charge in [0.05, 0.1) is 0 Å². The third kappa shape index (κ3) is 5.07. The number of benzene rings is 1. The van der Waals surface area contributed by atoms with Gasteiger partial charge >= 0.3 is 5.97 Å². The summed E-state index contributed by atoms with van der Waals surface area (Å²) in [5.74, 6) is -1.06. The third-order valence-electron chi connectivity index (χ3n) is 5.20. The van der Waals surface area contributed by atoms with Crippen LogP contribution in [-0.4, -0.2) is 71.1 Å². The molecule has 1 aromatic carbocycles. The number of aliphatic carboxylic acids is 1. The molecule has 7 heteroatoms. The maximum atomic E-state index is 12.6. The van der Waals surface area contributed by atoms with Gasteiger partial charge in [0, 0.05) is 32.6 Å². The predicted octanol–water partition coefficient (Wildman–Crippen LogP) is 1.31. The molecule has 0 bridgehead atoms. The Morgan fingerprint density at radius 3 is 2.33 bits per heavy atom. The Morgan fingerprint density at radius 2 is 1.63 bits per heavy atom. The number of carbonyl (C=O) groups is 3. The van der Waals surface area contributed by atoms with E-state index in [1.807, 2.05) is 35.2 Å². The molecule has 1 aromatic rings. The minimum absolute atomic E-state index is 0.108. The van der Waals surface area contributed by atoms with Crippen LogP contribution in [0.1, 0.15) is 31.2 Å². The minimum atomic E-state index is -1.02. The van der Waals surface area contributed by atoms with Gasteiger partial charge in [0.25, 0.3) is 5.91 Å². The molecule has 2 amide bonds. The Balaban J connectivity index is 1.47. The lowest BCUT2D eigenvalue weighted by molar-refractivity contribution is -0.154. The van der Waals surface area contributed by atoms with Gasteiger partial charge in [-0.3, -0.25) is 9.59 Å². The van der Waals surface area contributed by atoms with Crippen molar-refractivity contribution in [2.75, 3.05) is 26.2 Å². The van der Waals surface area contributed by atoms with Crippen LogP contribution < -0.4 is 0 Å². The van der Waals surface area contributed by atoms with Crippen LogP contribution in [0.4, 0.5) is 0 Å². The SMILES string of the molecule is O=C(O)[C@H]1CC[C@@H](C(=O)N2CCCN(C(=O)CCc3ccccc3)CC2)O1. The molecular weight excluding hydrogens is 348 g/mol. The average molecular weight is 374 g/mol. The summed E-state index contributed by atoms with van der Waals surface area (Å²) >= 11 is 0. The second kappa shape index (κ2) is 8.99. The number of hydrogen-bond donors (Lipinski definition) is 1. The van der Waals surface area contributed by atoms with Crippen molar-refractivity contribution in [3.63, 3.8) is 0 Å². The molecule has 2 aliphatic heterocycles. The molecule has 0 spiro atoms. The van der Waals surface area contributed by atoms with Crippen molar-refractivity contribution in [3.05, 3.63) is 35.9 Å². The van der Waals surface area contributed by atoms with E-state index in [1.54, 1.807) is 4.90 Å². The van der Waals surface area contributed by atoms with Crippen molar-refractivity contribution in [2.24, 2.45) is 0 Å². The fourth-order valence-corrected chi connectivity index (χ4v) is 3.65. The molecule has 146 valence electrons. The zero-order chi connectivity index (χ0) is 19.2. The van der Waals surface area contributed by atoms with Crippen LogP contribution in [0.2, 0.25) is 0 Å². The van der Waals surface area contributed by atoms with Gasteiger partial charge < -0.3 is 19.6 Å². The summed E-state index contributed by atoms with van der Waals surface area (Å²) < 4.78 is 5.37. The highest BCUT2D eigenvalue weighted by Gasteiger charge is 2.37. The minimum Gasteiger partial charge on any atom is -0.479 e. The van der Waals surface area contributed by atoms with Crippen LogP contribution in [0, 0.1) is 0 Å². The highest BCUT2D eigenvalue weighted by Crippen LogP contribution is 2.22. The van der Waals surface area contributed by atoms with Gasteiger partial charge in [-0.1, -0.05) is 30.3 Å². The summed E-state index contributed by atoms with van der Waals surface area (Å²) in [7, 11) is 0. The largest absolute Gasteiger partial charge is 0.479 e. The molecule has 7 nitrogen and oxygen atoms in total. The number of aryl methyl sites for hydroxylation is 1. The Hall–Kier alpha value is -2.41. The molecule has 0 unspecified atom stereocenters. The lowest BCUT2D eigenvalue weighted by atomic mass is 10.1. The average Bonchev–Trinajstić information content (AvgIpc) is 3.05. The number of nitrogens with zero attached hydrogens (tertiary/aromatic N) is 2. The maximum absolute atomic E-state index is 12.6. The first-order chi connectivity index (χ1) is 13.0. The molecule has 2 aliphatic rings. The molecule has 2 atom stereocenters. The first kappa shape index (κ1) is 19.4. The van der Waals surface area contributed by atoms with Crippen LogP contribution in [0.5, 0.6) is 0 Å². The van der Waals surface area contributed by atoms with E-state index in [4.69, 9.17) is 9.84 Å². The second-order valence-corrected chi connectivity index (χ2v) is 7.07. The first-order valence-electron chi connectivity index (χ1n) is 9.53. The summed E-state index contributed by atoms with van der Waals surface area (Å²) in [6.07, 6.45) is 1.14. The van der Waals surface area contributed by atoms with E-state index >= 15 is 0 Å². The Bertz CT molecular complexity index is 678. The topological polar surface area (TPSA) is 87.2 Å². The van der Waals surface area contributed by atoms with E-state index < -0.39 is 18.2 Å². The predicted molar refractivity (Wildman–Crippen MR) is 98.1 cm³/mol. The van der Waals surface area contributed by atoms with Gasteiger partial charge in [-0.15, -0.1) is 0 Å². The summed E-state index contributed by atoms with van der Waals surface area (Å²) in [4.78, 5) is 39.6. The van der Waals surface area contributed by atoms with E-state index in [-0.39, 0.29) is 11.8 Å². The van der Waals surface area contributed by atoms with Crippen LogP contribution in [0.15, 0.2) is 30.3 Å². The van der Waals surface area contributed by atoms with Crippen LogP contribution in [-0.2, 0) is 25.5 Å². The van der Waals surface area contributed by atoms with Gasteiger partial charge in [0.15, 0.2) is 6.10 Å². The lowest BCUT2D eigenvalue weighted by Crippen LogP contribution is -2.42. The normalized spacial score (nSPS) is 23.1. The molecule has 2 heterocycles. The molecular formula is C20H26N2O5. The first-order valence-corrected chi connectivity index (χ1v) is 9.53. The van der Waals surface area contributed by atoms with Crippen molar-refractivity contribution >= 4 is 17.8 Å². The molecule has 27 heavy (non-hydrogen) atoms. The monoisotopic (exact) mass is 374 g/mol. The van der Waals surface area contributed by atoms with E-state index in [0.717, 1.165) is 12.0 Å². The van der Waals surface area contributed by atoms with Crippen molar-refractivity contribution in [1.29, 1.82) is 0 Å². The molecule has 2 saturated heterocycles. The van der Waals surface area contributed by atoms with Crippen molar-refractivity contribution in [1.82, 2.24) is 9.80 Å². The van der Waals surface area contributed by atoms with Crippen molar-refractivity contribution in [2.45, 2.75) is 44.3 Å². The molecule has 0 radical (unpaired) electrons. The number of carbonyl (C=O) groups excluding carboxylic acids is 2. The fraction of sp³-hybridized carbons (Fsp3) is 0.550. The number of carboxylic acid groups (broad SMARTS) is 1. The molecule has 0 saturated carbocycles. The third-order valence-corrected chi connectivity index (χ3v) is 5.20. The van der Waals surface area contributed by atoms with E-state index in [0.29, 0.717) is 51.9 Å². The summed E-state index contributed by atoms with van der Waals surface area (Å²) in [5, 5.41) is 9.00. The summed E-state index contributed by atoms with van der Waals surface area (Å²) in [6, 6.07) is 9.92. The molecule has 1 N–H and O–H groups in total. The molecule has 3 rings (SSSR count). The van der Waals surface area contributed by atoms with Crippen molar-refractivity contribution in [3.8, 4) is 0 Å². The fourth-order valence-electron chi connectivity index (χ4n) is 3.65. The quantitative estimate of drug-likeness (QED) is 0.840. The van der Waals surface area contributed by atoms with Gasteiger partial charge in [-0.05, 0) is 31.2 Å². The standard InChI is InChI=1S/C20H26N2O5/c23-18(10-7-15-5-2-1-3-6-15)21-11-4-12-22(14-13-21)19(24)16-8-9-17(27-16)20(25)26/h1-3,5-6,16-17H,4,7-14H2,(H,25,26)/t16-,17+/m0/s1. The van der Waals surface area contributed by atoms with E-state index in [1.165, 1.54) is 0 Å². The van der Waals surface area contributed by atoms with Gasteiger partial charge in [0.2, 0.25) is 5.91 Å². The zero-order valence-corrected chi connectivity index (χ0v) is 15.4. The lowest BCUT2D eigenvalue weighted by Gasteiger charge is -2.24. The summed E-state index contributed by atoms with van der Waals surface area (Å²) in [5.41, 5.74) is 1.14. The number of rotatable bonds is 5. The van der Waals surface area contributed by atoms with Gasteiger partial charge in [-0.25, -0.2) is 4.79 Å². The number of ether oxygens (including phenoxy) is 1. The van der Waals surface area contributed by atoms with Gasteiger partial charge in [0.1, 0.15) is 6.10 Å². The van der Waals surface area contributed by atoms with E-state index in [9.17, 15) is 14.4 Å². The number of hydrogen-bond acceptors (Lipinski definition) is 4. The smallest absolute Gasteiger partial charge is 0.332 e. The highest BCUT2D eigenvalue weighted by atomic mass is 16.5. The molecule has 0 aromatic heterocycles. The zero-order valence-electron chi connectivity index (χ0n) is 15.4. The number of amides is 2. The van der Waals surface area contributed by atoms with Crippen LogP contribution in [0.3, 0.4) is 0 Å². The highest BCUT2D eigenvalue weighted by molar-refractivity contribution is 5.83. The van der Waals surface area contributed by atoms with Crippen LogP contribution >= 0.6 is 0 Å². The Labute approximate surface area is 158 Å². The van der Waals surface area contributed by atoms with E-state index in [2.05, 4.69) is 0 Å². The van der Waals surface area contributed by atoms with Crippen molar-refractivity contribution < 1.29 is 24.2 Å². The second-order valence-electron chi connectivity index (χ2n) is 7.07. The maximum Gasteiger partial charge on any atom is 0.332 e. The molecule has 2 fully saturated rings. The number of carboxylic acids is 1. The summed E-state index contributed by atoms with van der Waals surface area (Å²) in [6.45, 7) is 2.18. The Morgan fingerprint density at radius 1 is 0.963 bits per heavy atom. The Kier molecular flexibility index (Phi) is 6.45. The van der Waals surface area contributed by atoms with Crippen LogP contribution in [0.25, 0.3) is 0 Å². The molecule has 0 aliphatic carbocycles. The van der Waals surface area contributed by atoms with Gasteiger partial charge in [-0.2, -0.15) is 0 Å².